The van der Waals surface area contributed by atoms with E-state index in [1.54, 1.807) is 48.2 Å². The first-order valence-electron chi connectivity index (χ1n) is 10.4. The van der Waals surface area contributed by atoms with Crippen LogP contribution in [0.1, 0.15) is 32.8 Å². The normalized spacial score (nSPS) is 13.6. The molecule has 1 atom stereocenters. The minimum Gasteiger partial charge on any atom is -0.340 e. The second-order valence-corrected chi connectivity index (χ2v) is 8.54. The van der Waals surface area contributed by atoms with E-state index >= 15 is 0 Å². The fraction of sp³-hybridized carbons (Fsp3) is 0.208. The van der Waals surface area contributed by atoms with E-state index in [9.17, 15) is 14.4 Å². The number of nitrogens with zero attached hydrogens (tertiary/aromatic N) is 3. The maximum atomic E-state index is 13.2. The Kier molecular flexibility index (Phi) is 6.69. The number of amides is 3. The topological polar surface area (TPSA) is 104 Å². The Labute approximate surface area is 195 Å². The van der Waals surface area contributed by atoms with Gasteiger partial charge in [0.25, 0.3) is 11.8 Å². The summed E-state index contributed by atoms with van der Waals surface area (Å²) >= 11 is 1.55. The number of fused-ring (bicyclic) bond motifs is 1. The van der Waals surface area contributed by atoms with Crippen molar-refractivity contribution < 1.29 is 14.4 Å². The number of carbonyl (C=O) groups excluding carboxylic acids is 3. The van der Waals surface area contributed by atoms with E-state index < -0.39 is 23.8 Å². The van der Waals surface area contributed by atoms with Gasteiger partial charge >= 0.3 is 0 Å². The molecule has 8 nitrogen and oxygen atoms in total. The summed E-state index contributed by atoms with van der Waals surface area (Å²) in [6.07, 6.45) is 3.77. The Hall–Kier alpha value is -3.72. The molecule has 1 aliphatic rings. The number of aryl methyl sites for hydroxylation is 1. The quantitative estimate of drug-likeness (QED) is 0.491. The van der Waals surface area contributed by atoms with Crippen LogP contribution in [0.3, 0.4) is 0 Å². The Morgan fingerprint density at radius 3 is 2.24 bits per heavy atom. The Morgan fingerprint density at radius 2 is 1.64 bits per heavy atom. The Bertz CT molecular complexity index is 1160. The van der Waals surface area contributed by atoms with E-state index in [1.807, 2.05) is 31.4 Å². The van der Waals surface area contributed by atoms with Crippen LogP contribution in [0.5, 0.6) is 0 Å². The van der Waals surface area contributed by atoms with Gasteiger partial charge < -0.3 is 10.6 Å². The Balaban J connectivity index is 1.49. The molecule has 33 heavy (non-hydrogen) atoms. The van der Waals surface area contributed by atoms with Crippen LogP contribution >= 0.6 is 11.8 Å². The zero-order valence-electron chi connectivity index (χ0n) is 18.2. The summed E-state index contributed by atoms with van der Waals surface area (Å²) < 4.78 is 0. The molecule has 1 aliphatic heterocycles. The van der Waals surface area contributed by atoms with Crippen molar-refractivity contribution in [2.75, 3.05) is 22.6 Å². The highest BCUT2D eigenvalue weighted by Gasteiger charge is 2.42. The summed E-state index contributed by atoms with van der Waals surface area (Å²) in [6.45, 7) is 1.88. The molecule has 0 fully saturated rings. The number of hydrogen-bond acceptors (Lipinski definition) is 7. The molecule has 168 valence electrons. The van der Waals surface area contributed by atoms with Gasteiger partial charge in [0, 0.05) is 23.1 Å². The lowest BCUT2D eigenvalue weighted by Crippen LogP contribution is -2.47. The number of thioether (sulfide) groups is 1. The summed E-state index contributed by atoms with van der Waals surface area (Å²) in [5.74, 6) is 0.0352. The molecular formula is C24H23N5O3S. The van der Waals surface area contributed by atoms with Crippen LogP contribution < -0.4 is 10.6 Å². The number of benzene rings is 2. The minimum absolute atomic E-state index is 0.333. The smallest absolute Gasteiger partial charge is 0.262 e. The molecule has 9 heteroatoms. The van der Waals surface area contributed by atoms with Crippen LogP contribution in [-0.2, 0) is 4.79 Å². The largest absolute Gasteiger partial charge is 0.340 e. The van der Waals surface area contributed by atoms with Gasteiger partial charge in [-0.05, 0) is 61.8 Å². The maximum absolute atomic E-state index is 13.2. The van der Waals surface area contributed by atoms with Crippen molar-refractivity contribution >= 4 is 46.7 Å². The molecule has 0 radical (unpaired) electrons. The van der Waals surface area contributed by atoms with Crippen LogP contribution in [0, 0.1) is 6.92 Å². The van der Waals surface area contributed by atoms with Gasteiger partial charge in [-0.1, -0.05) is 12.1 Å². The van der Waals surface area contributed by atoms with Crippen LogP contribution in [0.2, 0.25) is 0 Å². The first kappa shape index (κ1) is 22.5. The van der Waals surface area contributed by atoms with E-state index in [-0.39, 0.29) is 0 Å². The van der Waals surface area contributed by atoms with Gasteiger partial charge in [-0.25, -0.2) is 9.97 Å². The first-order chi connectivity index (χ1) is 16.0. The van der Waals surface area contributed by atoms with Crippen LogP contribution in [-0.4, -0.2) is 50.6 Å². The predicted molar refractivity (Wildman–Crippen MR) is 129 cm³/mol. The first-order valence-corrected chi connectivity index (χ1v) is 11.8. The van der Waals surface area contributed by atoms with Crippen LogP contribution in [0.4, 0.5) is 17.2 Å². The highest BCUT2D eigenvalue weighted by Crippen LogP contribution is 2.27. The van der Waals surface area contributed by atoms with Gasteiger partial charge in [-0.2, -0.15) is 11.8 Å². The van der Waals surface area contributed by atoms with Crippen LogP contribution in [0.25, 0.3) is 0 Å². The van der Waals surface area contributed by atoms with Crippen molar-refractivity contribution in [1.29, 1.82) is 0 Å². The van der Waals surface area contributed by atoms with Crippen LogP contribution in [0.15, 0.2) is 60.9 Å². The molecule has 0 saturated heterocycles. The van der Waals surface area contributed by atoms with Gasteiger partial charge in [0.2, 0.25) is 5.91 Å². The van der Waals surface area contributed by atoms with Crippen molar-refractivity contribution in [2.45, 2.75) is 19.4 Å². The zero-order chi connectivity index (χ0) is 23.4. The highest BCUT2D eigenvalue weighted by atomic mass is 32.2. The second-order valence-electron chi connectivity index (χ2n) is 7.56. The molecule has 3 aromatic rings. The lowest BCUT2D eigenvalue weighted by Gasteiger charge is -2.25. The summed E-state index contributed by atoms with van der Waals surface area (Å²) in [7, 11) is 0. The minimum atomic E-state index is -0.897. The SMILES string of the molecule is CSCCC(C(=O)Nc1ccc(Nc2cc(C)ncn2)cc1)N1C(=O)c2ccccc2C1=O. The number of rotatable bonds is 8. The molecule has 3 amide bonds. The van der Waals surface area contributed by atoms with Gasteiger partial charge in [0.1, 0.15) is 18.2 Å². The molecule has 1 aromatic heterocycles. The average molecular weight is 462 g/mol. The monoisotopic (exact) mass is 461 g/mol. The molecule has 2 heterocycles. The molecule has 0 saturated carbocycles. The number of hydrogen-bond donors (Lipinski definition) is 2. The summed E-state index contributed by atoms with van der Waals surface area (Å²) in [4.78, 5) is 48.3. The predicted octanol–water partition coefficient (Wildman–Crippen LogP) is 3.89. The average Bonchev–Trinajstić information content (AvgIpc) is 3.06. The zero-order valence-corrected chi connectivity index (χ0v) is 19.1. The molecule has 2 aromatic carbocycles. The number of imide groups is 1. The highest BCUT2D eigenvalue weighted by molar-refractivity contribution is 7.98. The van der Waals surface area contributed by atoms with E-state index in [0.717, 1.165) is 16.3 Å². The molecule has 4 rings (SSSR count). The van der Waals surface area contributed by atoms with E-state index in [1.165, 1.54) is 6.33 Å². The lowest BCUT2D eigenvalue weighted by molar-refractivity contribution is -0.120. The molecule has 0 bridgehead atoms. The van der Waals surface area contributed by atoms with Gasteiger partial charge in [0.05, 0.1) is 11.1 Å². The second kappa shape index (κ2) is 9.83. The fourth-order valence-electron chi connectivity index (χ4n) is 3.63. The van der Waals surface area contributed by atoms with Crippen molar-refractivity contribution in [2.24, 2.45) is 0 Å². The molecule has 0 spiro atoms. The van der Waals surface area contributed by atoms with E-state index in [0.29, 0.717) is 34.8 Å². The summed E-state index contributed by atoms with van der Waals surface area (Å²) in [5.41, 5.74) is 2.88. The van der Waals surface area contributed by atoms with Crippen molar-refractivity contribution in [3.63, 3.8) is 0 Å². The fourth-order valence-corrected chi connectivity index (χ4v) is 4.09. The number of anilines is 3. The third kappa shape index (κ3) is 4.88. The standard InChI is InChI=1S/C24H23N5O3S/c1-15-13-21(26-14-25-15)27-16-7-9-17(10-8-16)28-22(30)20(11-12-33-2)29-23(31)18-5-3-4-6-19(18)24(29)32/h3-10,13-14,20H,11-12H2,1-2H3,(H,28,30)(H,25,26,27). The molecule has 0 aliphatic carbocycles. The third-order valence-corrected chi connectivity index (χ3v) is 5.91. The molecule has 1 unspecified atom stereocenters. The number of aromatic nitrogens is 2. The van der Waals surface area contributed by atoms with Gasteiger partial charge in [0.15, 0.2) is 0 Å². The lowest BCUT2D eigenvalue weighted by atomic mass is 10.1. The number of carbonyl (C=O) groups is 3. The third-order valence-electron chi connectivity index (χ3n) is 5.26. The van der Waals surface area contributed by atoms with Gasteiger partial charge in [-0.15, -0.1) is 0 Å². The summed E-state index contributed by atoms with van der Waals surface area (Å²) in [6, 6.07) is 14.7. The van der Waals surface area contributed by atoms with E-state index in [2.05, 4.69) is 20.6 Å². The molecule has 2 N–H and O–H groups in total. The maximum Gasteiger partial charge on any atom is 0.262 e. The van der Waals surface area contributed by atoms with Crippen molar-refractivity contribution in [3.8, 4) is 0 Å². The van der Waals surface area contributed by atoms with Crippen molar-refractivity contribution in [3.05, 3.63) is 77.7 Å². The van der Waals surface area contributed by atoms with E-state index in [4.69, 9.17) is 0 Å². The summed E-state index contributed by atoms with van der Waals surface area (Å²) in [5, 5.41) is 6.03. The Morgan fingerprint density at radius 1 is 1.00 bits per heavy atom. The van der Waals surface area contributed by atoms with Gasteiger partial charge in [-0.3, -0.25) is 19.3 Å². The molecular weight excluding hydrogens is 438 g/mol. The van der Waals surface area contributed by atoms with Crippen molar-refractivity contribution in [1.82, 2.24) is 14.9 Å². The number of nitrogens with one attached hydrogen (secondary N) is 2.